The van der Waals surface area contributed by atoms with E-state index in [1.54, 1.807) is 6.07 Å². The van der Waals surface area contributed by atoms with Gasteiger partial charge in [-0.05, 0) is 19.1 Å². The number of benzene rings is 1. The number of hydrogen-bond donors (Lipinski definition) is 0. The van der Waals surface area contributed by atoms with Gasteiger partial charge in [-0.15, -0.1) is 0 Å². The molecule has 24 heavy (non-hydrogen) atoms. The first-order valence-electron chi connectivity index (χ1n) is 8.97. The summed E-state index contributed by atoms with van der Waals surface area (Å²) in [4.78, 5) is 0. The first kappa shape index (κ1) is 20.0. The second kappa shape index (κ2) is 8.87. The third-order valence-corrected chi connectivity index (χ3v) is 11.0. The number of nitrogens with zero attached hydrogens (tertiary/aromatic N) is 4. The summed E-state index contributed by atoms with van der Waals surface area (Å²) in [5.74, 6) is -0.105. The van der Waals surface area contributed by atoms with Crippen LogP contribution in [0.25, 0.3) is 0 Å². The van der Waals surface area contributed by atoms with Crippen molar-refractivity contribution in [3.8, 4) is 0 Å². The minimum absolute atomic E-state index is 0.105. The van der Waals surface area contributed by atoms with E-state index in [0.29, 0.717) is 0 Å². The molecular formula is C17H31FN4P2. The fourth-order valence-corrected chi connectivity index (χ4v) is 9.89. The summed E-state index contributed by atoms with van der Waals surface area (Å²) in [5.41, 5.74) is 1.84. The average Bonchev–Trinajstić information content (AvgIpc) is 2.58. The Kier molecular flexibility index (Phi) is 7.39. The Morgan fingerprint density at radius 3 is 1.83 bits per heavy atom. The summed E-state index contributed by atoms with van der Waals surface area (Å²) >= 11 is 0. The smallest absolute Gasteiger partial charge is 0.160 e. The molecule has 0 radical (unpaired) electrons. The van der Waals surface area contributed by atoms with Crippen LogP contribution in [-0.4, -0.2) is 46.5 Å². The van der Waals surface area contributed by atoms with E-state index in [1.165, 1.54) is 0 Å². The molecule has 7 heteroatoms. The molecule has 0 amide bonds. The molecule has 0 aliphatic carbocycles. The molecule has 0 spiro atoms. The quantitative estimate of drug-likeness (QED) is 0.566. The van der Waals surface area contributed by atoms with Gasteiger partial charge in [-0.1, -0.05) is 40.7 Å². The minimum atomic E-state index is -0.556. The van der Waals surface area contributed by atoms with Crippen LogP contribution in [0.4, 0.5) is 10.1 Å². The topological polar surface area (TPSA) is 13.0 Å². The van der Waals surface area contributed by atoms with Crippen LogP contribution < -0.4 is 4.44 Å². The monoisotopic (exact) mass is 372 g/mol. The normalized spacial score (nSPS) is 21.6. The molecule has 0 bridgehead atoms. The average molecular weight is 372 g/mol. The van der Waals surface area contributed by atoms with Crippen LogP contribution in [0.3, 0.4) is 0 Å². The van der Waals surface area contributed by atoms with Crippen molar-refractivity contribution >= 4 is 22.4 Å². The number of rotatable bonds is 8. The van der Waals surface area contributed by atoms with Gasteiger partial charge in [0.1, 0.15) is 5.82 Å². The second-order valence-electron chi connectivity index (χ2n) is 5.68. The maximum Gasteiger partial charge on any atom is 0.160 e. The second-order valence-corrected chi connectivity index (χ2v) is 10.3. The van der Waals surface area contributed by atoms with Crippen molar-refractivity contribution in [1.29, 1.82) is 0 Å². The van der Waals surface area contributed by atoms with Gasteiger partial charge in [0, 0.05) is 38.3 Å². The highest BCUT2D eigenvalue weighted by atomic mass is 31.3. The number of hydrogen-bond acceptors (Lipinski definition) is 4. The van der Waals surface area contributed by atoms with Crippen LogP contribution in [0.2, 0.25) is 0 Å². The van der Waals surface area contributed by atoms with E-state index < -0.39 is 16.7 Å². The Hall–Kier alpha value is -0.310. The third kappa shape index (κ3) is 3.48. The van der Waals surface area contributed by atoms with Crippen molar-refractivity contribution in [1.82, 2.24) is 13.8 Å². The fourth-order valence-electron chi connectivity index (χ4n) is 3.05. The fraction of sp³-hybridized carbons (Fsp3) is 0.647. The van der Waals surface area contributed by atoms with Crippen LogP contribution in [-0.2, 0) is 0 Å². The van der Waals surface area contributed by atoms with Crippen molar-refractivity contribution in [2.24, 2.45) is 0 Å². The first-order valence-corrected chi connectivity index (χ1v) is 11.4. The summed E-state index contributed by atoms with van der Waals surface area (Å²) in [5, 5.41) is 0. The molecule has 2 unspecified atom stereocenters. The lowest BCUT2D eigenvalue weighted by Gasteiger charge is -2.62. The van der Waals surface area contributed by atoms with Gasteiger partial charge in [-0.25, -0.2) is 4.39 Å². The zero-order chi connectivity index (χ0) is 17.9. The van der Waals surface area contributed by atoms with Crippen molar-refractivity contribution in [3.63, 3.8) is 0 Å². The van der Waals surface area contributed by atoms with Crippen LogP contribution in [0.15, 0.2) is 18.2 Å². The van der Waals surface area contributed by atoms with Crippen molar-refractivity contribution in [3.05, 3.63) is 29.6 Å². The van der Waals surface area contributed by atoms with Crippen LogP contribution in [0.5, 0.6) is 0 Å². The third-order valence-electron chi connectivity index (χ3n) is 4.46. The Morgan fingerprint density at radius 2 is 1.42 bits per heavy atom. The Bertz CT molecular complexity index is 517. The molecule has 2 atom stereocenters. The Labute approximate surface area is 149 Å². The summed E-state index contributed by atoms with van der Waals surface area (Å²) in [6, 6.07) is 5.50. The molecule has 1 aromatic rings. The van der Waals surface area contributed by atoms with E-state index >= 15 is 0 Å². The molecule has 1 saturated heterocycles. The number of anilines is 1. The summed E-state index contributed by atoms with van der Waals surface area (Å²) in [7, 11) is -1.11. The van der Waals surface area contributed by atoms with Gasteiger partial charge in [-0.2, -0.15) is 4.44 Å². The van der Waals surface area contributed by atoms with E-state index in [9.17, 15) is 4.39 Å². The van der Waals surface area contributed by atoms with Crippen molar-refractivity contribution in [2.45, 2.75) is 41.5 Å². The summed E-state index contributed by atoms with van der Waals surface area (Å²) in [6.07, 6.45) is 0. The summed E-state index contributed by atoms with van der Waals surface area (Å²) in [6.45, 7) is 18.1. The first-order chi connectivity index (χ1) is 11.5. The molecule has 1 fully saturated rings. The molecule has 1 aliphatic heterocycles. The lowest BCUT2D eigenvalue weighted by atomic mass is 10.2. The highest BCUT2D eigenvalue weighted by molar-refractivity contribution is 7.86. The van der Waals surface area contributed by atoms with E-state index in [-0.39, 0.29) is 5.82 Å². The molecule has 136 valence electrons. The largest absolute Gasteiger partial charge is 0.277 e. The minimum Gasteiger partial charge on any atom is -0.277 e. The summed E-state index contributed by atoms with van der Waals surface area (Å²) < 4.78 is 24.4. The Morgan fingerprint density at radius 1 is 0.917 bits per heavy atom. The van der Waals surface area contributed by atoms with E-state index in [2.05, 4.69) is 58.9 Å². The standard InChI is InChI=1S/C17H31FN4P2/c1-7-19(8-2)23-21(11-5)24(20(9-3)10-4)22(23)17-14-12-13-16(18)15(17)6/h12-14H,7-11H2,1-6H3. The van der Waals surface area contributed by atoms with Gasteiger partial charge in [0.25, 0.3) is 0 Å². The predicted molar refractivity (Wildman–Crippen MR) is 106 cm³/mol. The van der Waals surface area contributed by atoms with Crippen LogP contribution >= 0.6 is 16.7 Å². The molecular weight excluding hydrogens is 341 g/mol. The molecule has 0 aromatic heterocycles. The molecule has 2 rings (SSSR count). The van der Waals surface area contributed by atoms with Crippen molar-refractivity contribution in [2.75, 3.05) is 37.2 Å². The van der Waals surface area contributed by atoms with E-state index in [4.69, 9.17) is 0 Å². The zero-order valence-electron chi connectivity index (χ0n) is 15.8. The van der Waals surface area contributed by atoms with Gasteiger partial charge >= 0.3 is 0 Å². The molecule has 4 nitrogen and oxygen atoms in total. The molecule has 1 aliphatic rings. The van der Waals surface area contributed by atoms with Gasteiger partial charge in [0.2, 0.25) is 0 Å². The molecule has 1 aromatic carbocycles. The maximum atomic E-state index is 14.2. The Balaban J connectivity index is 2.48. The van der Waals surface area contributed by atoms with Crippen molar-refractivity contribution < 1.29 is 4.39 Å². The number of halogens is 1. The molecule has 0 N–H and O–H groups in total. The zero-order valence-corrected chi connectivity index (χ0v) is 17.6. The lowest BCUT2D eigenvalue weighted by molar-refractivity contribution is 0.436. The van der Waals surface area contributed by atoms with E-state index in [1.807, 2.05) is 13.0 Å². The highest BCUT2D eigenvalue weighted by Crippen LogP contribution is 2.79. The van der Waals surface area contributed by atoms with E-state index in [0.717, 1.165) is 44.0 Å². The molecule has 1 heterocycles. The molecule has 0 saturated carbocycles. The van der Waals surface area contributed by atoms with Gasteiger partial charge in [0.15, 0.2) is 16.7 Å². The van der Waals surface area contributed by atoms with Gasteiger partial charge in [0.05, 0.1) is 5.69 Å². The SMILES string of the molecule is CCN(CC)P1N(CC)P(N(CC)CC)N1c1cccc(F)c1C. The predicted octanol–water partition coefficient (Wildman–Crippen LogP) is 5.41. The van der Waals surface area contributed by atoms with Crippen LogP contribution in [0, 0.1) is 12.7 Å². The maximum absolute atomic E-state index is 14.2. The lowest BCUT2D eigenvalue weighted by Crippen LogP contribution is -2.49. The van der Waals surface area contributed by atoms with Gasteiger partial charge < -0.3 is 0 Å². The van der Waals surface area contributed by atoms with Gasteiger partial charge in [-0.3, -0.25) is 13.8 Å². The van der Waals surface area contributed by atoms with Crippen LogP contribution in [0.1, 0.15) is 40.2 Å². The highest BCUT2D eigenvalue weighted by Gasteiger charge is 2.52.